The zero-order valence-electron chi connectivity index (χ0n) is 10.7. The van der Waals surface area contributed by atoms with Gasteiger partial charge in [-0.15, -0.1) is 0 Å². The predicted molar refractivity (Wildman–Crippen MR) is 74.8 cm³/mol. The SMILES string of the molecule is CC(C)(C)C1(c2ccc(Cl)cc2)C=NC=C1C#N. The number of allylic oxidation sites excluding steroid dienone is 1. The Labute approximate surface area is 113 Å². The van der Waals surface area contributed by atoms with E-state index in [4.69, 9.17) is 11.6 Å². The standard InChI is InChI=1S/C15H15ClN2/c1-14(2,3)15(10-18-9-12(15)8-17)11-4-6-13(16)7-5-11/h4-7,9-10H,1-3H3. The molecule has 1 atom stereocenters. The van der Waals surface area contributed by atoms with E-state index in [0.29, 0.717) is 10.6 Å². The monoisotopic (exact) mass is 258 g/mol. The maximum atomic E-state index is 9.36. The molecule has 0 saturated heterocycles. The fraction of sp³-hybridized carbons (Fsp3) is 0.333. The number of nitriles is 1. The second-order valence-corrected chi connectivity index (χ2v) is 5.93. The van der Waals surface area contributed by atoms with Gasteiger partial charge in [0.2, 0.25) is 0 Å². The summed E-state index contributed by atoms with van der Waals surface area (Å²) in [6, 6.07) is 9.92. The highest BCUT2D eigenvalue weighted by atomic mass is 35.5. The molecule has 2 nitrogen and oxygen atoms in total. The van der Waals surface area contributed by atoms with Gasteiger partial charge >= 0.3 is 0 Å². The van der Waals surface area contributed by atoms with E-state index < -0.39 is 5.41 Å². The van der Waals surface area contributed by atoms with E-state index in [-0.39, 0.29) is 5.41 Å². The van der Waals surface area contributed by atoms with Crippen LogP contribution in [0.1, 0.15) is 26.3 Å². The molecule has 1 aromatic carbocycles. The van der Waals surface area contributed by atoms with Gasteiger partial charge in [-0.1, -0.05) is 44.5 Å². The average Bonchev–Trinajstić information content (AvgIpc) is 2.74. The minimum absolute atomic E-state index is 0.137. The van der Waals surface area contributed by atoms with E-state index in [0.717, 1.165) is 5.56 Å². The molecule has 1 unspecified atom stereocenters. The van der Waals surface area contributed by atoms with Gasteiger partial charge in [0.05, 0.1) is 17.1 Å². The molecule has 0 bridgehead atoms. The molecule has 92 valence electrons. The third-order valence-corrected chi connectivity index (χ3v) is 3.75. The van der Waals surface area contributed by atoms with Crippen molar-refractivity contribution >= 4 is 17.8 Å². The third-order valence-electron chi connectivity index (χ3n) is 3.50. The van der Waals surface area contributed by atoms with Crippen LogP contribution in [0.15, 0.2) is 41.0 Å². The van der Waals surface area contributed by atoms with Gasteiger partial charge in [0.15, 0.2) is 0 Å². The summed E-state index contributed by atoms with van der Waals surface area (Å²) >= 11 is 5.94. The molecule has 0 aliphatic carbocycles. The van der Waals surface area contributed by atoms with E-state index >= 15 is 0 Å². The number of hydrogen-bond acceptors (Lipinski definition) is 2. The van der Waals surface area contributed by atoms with Crippen LogP contribution in [0.4, 0.5) is 0 Å². The van der Waals surface area contributed by atoms with Crippen molar-refractivity contribution in [3.8, 4) is 6.07 Å². The summed E-state index contributed by atoms with van der Waals surface area (Å²) in [7, 11) is 0. The van der Waals surface area contributed by atoms with Gasteiger partial charge in [0, 0.05) is 17.4 Å². The van der Waals surface area contributed by atoms with Gasteiger partial charge in [-0.3, -0.25) is 4.99 Å². The van der Waals surface area contributed by atoms with Crippen molar-refractivity contribution in [2.45, 2.75) is 26.2 Å². The van der Waals surface area contributed by atoms with Crippen LogP contribution in [0.2, 0.25) is 5.02 Å². The lowest BCUT2D eigenvalue weighted by molar-refractivity contribution is 0.310. The van der Waals surface area contributed by atoms with Gasteiger partial charge in [-0.05, 0) is 23.1 Å². The number of benzene rings is 1. The molecule has 0 saturated carbocycles. The molecule has 18 heavy (non-hydrogen) atoms. The second kappa shape index (κ2) is 4.26. The van der Waals surface area contributed by atoms with Gasteiger partial charge < -0.3 is 0 Å². The van der Waals surface area contributed by atoms with Crippen LogP contribution >= 0.6 is 11.6 Å². The van der Waals surface area contributed by atoms with Crippen LogP contribution in [-0.4, -0.2) is 6.21 Å². The van der Waals surface area contributed by atoms with Crippen molar-refractivity contribution in [3.05, 3.63) is 46.6 Å². The minimum Gasteiger partial charge on any atom is -0.267 e. The van der Waals surface area contributed by atoms with Crippen LogP contribution < -0.4 is 0 Å². The fourth-order valence-corrected chi connectivity index (χ4v) is 2.61. The summed E-state index contributed by atoms with van der Waals surface area (Å²) in [6.07, 6.45) is 3.52. The summed E-state index contributed by atoms with van der Waals surface area (Å²) in [5, 5.41) is 10.1. The summed E-state index contributed by atoms with van der Waals surface area (Å²) < 4.78 is 0. The van der Waals surface area contributed by atoms with E-state index in [1.807, 2.05) is 30.5 Å². The number of hydrogen-bond donors (Lipinski definition) is 0. The Morgan fingerprint density at radius 3 is 2.33 bits per heavy atom. The van der Waals surface area contributed by atoms with Crippen molar-refractivity contribution in [2.24, 2.45) is 10.4 Å². The molecule has 0 fully saturated rings. The van der Waals surface area contributed by atoms with Crippen LogP contribution in [0, 0.1) is 16.7 Å². The zero-order chi connectivity index (χ0) is 13.4. The number of aliphatic imine (C=N–C) groups is 1. The number of halogens is 1. The largest absolute Gasteiger partial charge is 0.267 e. The van der Waals surface area contributed by atoms with Gasteiger partial charge in [0.1, 0.15) is 0 Å². The van der Waals surface area contributed by atoms with Crippen molar-refractivity contribution < 1.29 is 0 Å². The van der Waals surface area contributed by atoms with Crippen molar-refractivity contribution in [3.63, 3.8) is 0 Å². The van der Waals surface area contributed by atoms with Gasteiger partial charge in [-0.25, -0.2) is 0 Å². The molecule has 1 aliphatic rings. The van der Waals surface area contributed by atoms with E-state index in [1.54, 1.807) is 6.20 Å². The van der Waals surface area contributed by atoms with Crippen molar-refractivity contribution in [1.29, 1.82) is 5.26 Å². The first-order valence-electron chi connectivity index (χ1n) is 5.83. The van der Waals surface area contributed by atoms with E-state index in [9.17, 15) is 5.26 Å². The minimum atomic E-state index is -0.466. The molecule has 1 aromatic rings. The van der Waals surface area contributed by atoms with E-state index in [1.165, 1.54) is 0 Å². The first-order valence-corrected chi connectivity index (χ1v) is 6.21. The topological polar surface area (TPSA) is 36.1 Å². The highest BCUT2D eigenvalue weighted by molar-refractivity contribution is 6.30. The van der Waals surface area contributed by atoms with Crippen LogP contribution in [0.5, 0.6) is 0 Å². The second-order valence-electron chi connectivity index (χ2n) is 5.50. The lowest BCUT2D eigenvalue weighted by Gasteiger charge is -2.40. The van der Waals surface area contributed by atoms with Gasteiger partial charge in [0.25, 0.3) is 0 Å². The number of rotatable bonds is 1. The highest BCUT2D eigenvalue weighted by Gasteiger charge is 2.47. The summed E-state index contributed by atoms with van der Waals surface area (Å²) in [5.41, 5.74) is 1.13. The summed E-state index contributed by atoms with van der Waals surface area (Å²) in [5.74, 6) is 0. The molecule has 0 amide bonds. The predicted octanol–water partition coefficient (Wildman–Crippen LogP) is 4.12. The summed E-state index contributed by atoms with van der Waals surface area (Å²) in [6.45, 7) is 6.35. The molecular formula is C15H15ClN2. The molecule has 0 N–H and O–H groups in total. The average molecular weight is 259 g/mol. The molecular weight excluding hydrogens is 244 g/mol. The highest BCUT2D eigenvalue weighted by Crippen LogP contribution is 2.47. The van der Waals surface area contributed by atoms with Gasteiger partial charge in [-0.2, -0.15) is 5.26 Å². The lowest BCUT2D eigenvalue weighted by atomic mass is 9.60. The Morgan fingerprint density at radius 2 is 1.83 bits per heavy atom. The molecule has 1 heterocycles. The fourth-order valence-electron chi connectivity index (χ4n) is 2.49. The molecule has 0 aromatic heterocycles. The quantitative estimate of drug-likeness (QED) is 0.747. The van der Waals surface area contributed by atoms with Crippen LogP contribution in [0.25, 0.3) is 0 Å². The lowest BCUT2D eigenvalue weighted by Crippen LogP contribution is -2.41. The first-order chi connectivity index (χ1) is 8.41. The molecule has 0 spiro atoms. The molecule has 1 aliphatic heterocycles. The molecule has 2 rings (SSSR count). The molecule has 0 radical (unpaired) electrons. The first kappa shape index (κ1) is 12.9. The van der Waals surface area contributed by atoms with Crippen molar-refractivity contribution in [2.75, 3.05) is 0 Å². The third kappa shape index (κ3) is 1.76. The Bertz CT molecular complexity index is 556. The Morgan fingerprint density at radius 1 is 1.22 bits per heavy atom. The van der Waals surface area contributed by atoms with Crippen molar-refractivity contribution in [1.82, 2.24) is 0 Å². The van der Waals surface area contributed by atoms with E-state index in [2.05, 4.69) is 31.8 Å². The van der Waals surface area contributed by atoms with Crippen LogP contribution in [0.3, 0.4) is 0 Å². The van der Waals surface area contributed by atoms with Crippen LogP contribution in [-0.2, 0) is 5.41 Å². The Kier molecular flexibility index (Phi) is 3.04. The Balaban J connectivity index is 2.66. The smallest absolute Gasteiger partial charge is 0.0977 e. The number of nitrogens with zero attached hydrogens (tertiary/aromatic N) is 2. The Hall–Kier alpha value is -1.59. The maximum absolute atomic E-state index is 9.36. The zero-order valence-corrected chi connectivity index (χ0v) is 11.5. The maximum Gasteiger partial charge on any atom is 0.0977 e. The molecule has 3 heteroatoms. The normalized spacial score (nSPS) is 22.7. The summed E-state index contributed by atoms with van der Waals surface area (Å²) in [4.78, 5) is 4.21.